The Balaban J connectivity index is 0.00000288. The Bertz CT molecular complexity index is 543. The smallest absolute Gasteiger partial charge is 0.250 e. The summed E-state index contributed by atoms with van der Waals surface area (Å²) in [7, 11) is 0. The molecule has 1 aliphatic rings. The molecule has 24 heavy (non-hydrogen) atoms. The van der Waals surface area contributed by atoms with E-state index in [-0.39, 0.29) is 24.2 Å². The van der Waals surface area contributed by atoms with E-state index in [1.54, 1.807) is 24.3 Å². The fourth-order valence-corrected chi connectivity index (χ4v) is 2.96. The molecule has 1 aromatic carbocycles. The van der Waals surface area contributed by atoms with Gasteiger partial charge in [-0.1, -0.05) is 19.3 Å². The van der Waals surface area contributed by atoms with Crippen LogP contribution in [0.4, 0.5) is 5.69 Å². The van der Waals surface area contributed by atoms with Crippen LogP contribution in [0.5, 0.6) is 5.75 Å². The summed E-state index contributed by atoms with van der Waals surface area (Å²) in [6, 6.07) is 7.15. The predicted octanol–water partition coefficient (Wildman–Crippen LogP) is 2.22. The van der Waals surface area contributed by atoms with E-state index in [1.807, 2.05) is 0 Å². The van der Waals surface area contributed by atoms with Crippen LogP contribution in [0.2, 0.25) is 0 Å². The number of carbonyl (C=O) groups excluding carboxylic acids is 2. The summed E-state index contributed by atoms with van der Waals surface area (Å²) in [5.41, 5.74) is 5.29. The van der Waals surface area contributed by atoms with Gasteiger partial charge in [0.15, 0.2) is 0 Å². The molecule has 0 spiro atoms. The first kappa shape index (κ1) is 20.3. The summed E-state index contributed by atoms with van der Waals surface area (Å²) in [5, 5.41) is 5.77. The molecule has 1 fully saturated rings. The molecular weight excluding hydrogens is 330 g/mol. The van der Waals surface area contributed by atoms with Crippen LogP contribution in [0.25, 0.3) is 0 Å². The van der Waals surface area contributed by atoms with E-state index in [9.17, 15) is 9.59 Å². The third-order valence-corrected chi connectivity index (χ3v) is 4.06. The average molecular weight is 356 g/mol. The van der Waals surface area contributed by atoms with Crippen molar-refractivity contribution in [3.8, 4) is 5.75 Å². The molecule has 0 bridgehead atoms. The highest BCUT2D eigenvalue weighted by Gasteiger charge is 2.40. The first-order chi connectivity index (χ1) is 11.1. The summed E-state index contributed by atoms with van der Waals surface area (Å²) >= 11 is 0. The molecule has 0 saturated heterocycles. The van der Waals surface area contributed by atoms with Crippen LogP contribution in [0.1, 0.15) is 39.0 Å². The zero-order valence-electron chi connectivity index (χ0n) is 14.0. The number of hydrogen-bond donors (Lipinski definition) is 3. The van der Waals surface area contributed by atoms with Crippen LogP contribution < -0.4 is 21.1 Å². The van der Waals surface area contributed by atoms with Crippen LogP contribution in [0.3, 0.4) is 0 Å². The molecule has 0 aliphatic heterocycles. The molecule has 7 heteroatoms. The standard InChI is InChI=1S/C17H25N3O3.ClH/c1-13(21)20-17(9-3-2-4-10-17)16(22)19-14-5-7-15(8-6-14)23-12-11-18;/h5-8H,2-4,9-12,18H2,1H3,(H,19,22)(H,20,21);1H. The lowest BCUT2D eigenvalue weighted by Gasteiger charge is -2.36. The highest BCUT2D eigenvalue weighted by atomic mass is 35.5. The number of hydrogen-bond acceptors (Lipinski definition) is 4. The SMILES string of the molecule is CC(=O)NC1(C(=O)Nc2ccc(OCCN)cc2)CCCCC1.Cl. The normalized spacial score (nSPS) is 15.8. The third-order valence-electron chi connectivity index (χ3n) is 4.06. The van der Waals surface area contributed by atoms with Crippen molar-refractivity contribution in [1.29, 1.82) is 0 Å². The number of anilines is 1. The van der Waals surface area contributed by atoms with Gasteiger partial charge in [-0.15, -0.1) is 12.4 Å². The fraction of sp³-hybridized carbons (Fsp3) is 0.529. The highest BCUT2D eigenvalue weighted by Crippen LogP contribution is 2.30. The van der Waals surface area contributed by atoms with Crippen LogP contribution in [-0.4, -0.2) is 30.5 Å². The number of carbonyl (C=O) groups is 2. The quantitative estimate of drug-likeness (QED) is 0.729. The van der Waals surface area contributed by atoms with Crippen LogP contribution in [0, 0.1) is 0 Å². The topological polar surface area (TPSA) is 93.5 Å². The van der Waals surface area contributed by atoms with Gasteiger partial charge < -0.3 is 21.1 Å². The lowest BCUT2D eigenvalue weighted by molar-refractivity contribution is -0.130. The molecule has 0 radical (unpaired) electrons. The van der Waals surface area contributed by atoms with E-state index in [4.69, 9.17) is 10.5 Å². The molecule has 2 rings (SSSR count). The second kappa shape index (κ2) is 9.49. The maximum Gasteiger partial charge on any atom is 0.250 e. The zero-order valence-corrected chi connectivity index (χ0v) is 14.8. The Kier molecular flexibility index (Phi) is 8.01. The summed E-state index contributed by atoms with van der Waals surface area (Å²) in [6.45, 7) is 2.36. The highest BCUT2D eigenvalue weighted by molar-refractivity contribution is 6.00. The minimum Gasteiger partial charge on any atom is -0.492 e. The van der Waals surface area contributed by atoms with Crippen molar-refractivity contribution < 1.29 is 14.3 Å². The van der Waals surface area contributed by atoms with E-state index in [2.05, 4.69) is 10.6 Å². The third kappa shape index (κ3) is 5.39. The van der Waals surface area contributed by atoms with Gasteiger partial charge in [0.1, 0.15) is 17.9 Å². The molecule has 4 N–H and O–H groups in total. The molecule has 1 saturated carbocycles. The first-order valence-electron chi connectivity index (χ1n) is 8.09. The van der Waals surface area contributed by atoms with Crippen molar-refractivity contribution in [1.82, 2.24) is 5.32 Å². The molecular formula is C17H26ClN3O3. The number of halogens is 1. The molecule has 1 aliphatic carbocycles. The largest absolute Gasteiger partial charge is 0.492 e. The summed E-state index contributed by atoms with van der Waals surface area (Å²) in [4.78, 5) is 24.2. The number of amides is 2. The van der Waals surface area contributed by atoms with E-state index < -0.39 is 5.54 Å². The van der Waals surface area contributed by atoms with Gasteiger partial charge >= 0.3 is 0 Å². The van der Waals surface area contributed by atoms with Crippen molar-refractivity contribution >= 4 is 29.9 Å². The Morgan fingerprint density at radius 2 is 1.79 bits per heavy atom. The number of nitrogens with one attached hydrogen (secondary N) is 2. The maximum atomic E-state index is 12.7. The van der Waals surface area contributed by atoms with Crippen LogP contribution >= 0.6 is 12.4 Å². The number of ether oxygens (including phenoxy) is 1. The van der Waals surface area contributed by atoms with Gasteiger partial charge in [0.05, 0.1) is 0 Å². The molecule has 0 atom stereocenters. The number of rotatable bonds is 6. The fourth-order valence-electron chi connectivity index (χ4n) is 2.96. The Morgan fingerprint density at radius 3 is 2.33 bits per heavy atom. The van der Waals surface area contributed by atoms with E-state index in [0.29, 0.717) is 37.4 Å². The Hall–Kier alpha value is -1.79. The molecule has 6 nitrogen and oxygen atoms in total. The lowest BCUT2D eigenvalue weighted by Crippen LogP contribution is -2.57. The van der Waals surface area contributed by atoms with Crippen molar-refractivity contribution in [2.45, 2.75) is 44.6 Å². The predicted molar refractivity (Wildman–Crippen MR) is 96.5 cm³/mol. The first-order valence-corrected chi connectivity index (χ1v) is 8.09. The van der Waals surface area contributed by atoms with Gasteiger partial charge in [-0.2, -0.15) is 0 Å². The van der Waals surface area contributed by atoms with Crippen molar-refractivity contribution in [2.24, 2.45) is 5.73 Å². The van der Waals surface area contributed by atoms with E-state index >= 15 is 0 Å². The summed E-state index contributed by atoms with van der Waals surface area (Å²) in [5.74, 6) is 0.387. The molecule has 0 heterocycles. The van der Waals surface area contributed by atoms with Crippen molar-refractivity contribution in [2.75, 3.05) is 18.5 Å². The van der Waals surface area contributed by atoms with Crippen LogP contribution in [-0.2, 0) is 9.59 Å². The number of nitrogens with two attached hydrogens (primary N) is 1. The molecule has 134 valence electrons. The minimum absolute atomic E-state index is 0. The van der Waals surface area contributed by atoms with Gasteiger partial charge in [0.2, 0.25) is 11.8 Å². The number of benzene rings is 1. The average Bonchev–Trinajstić information content (AvgIpc) is 2.54. The molecule has 1 aromatic rings. The van der Waals surface area contributed by atoms with Gasteiger partial charge in [-0.05, 0) is 37.1 Å². The second-order valence-electron chi connectivity index (χ2n) is 5.94. The van der Waals surface area contributed by atoms with Crippen molar-refractivity contribution in [3.05, 3.63) is 24.3 Å². The maximum absolute atomic E-state index is 12.7. The van der Waals surface area contributed by atoms with E-state index in [0.717, 1.165) is 19.3 Å². The minimum atomic E-state index is -0.793. The van der Waals surface area contributed by atoms with Gasteiger partial charge in [-0.3, -0.25) is 9.59 Å². The Labute approximate surface area is 148 Å². The zero-order chi connectivity index (χ0) is 16.7. The van der Waals surface area contributed by atoms with Crippen molar-refractivity contribution in [3.63, 3.8) is 0 Å². The second-order valence-corrected chi connectivity index (χ2v) is 5.94. The summed E-state index contributed by atoms with van der Waals surface area (Å²) < 4.78 is 5.41. The lowest BCUT2D eigenvalue weighted by atomic mass is 9.80. The van der Waals surface area contributed by atoms with Crippen LogP contribution in [0.15, 0.2) is 24.3 Å². The van der Waals surface area contributed by atoms with Gasteiger partial charge in [-0.25, -0.2) is 0 Å². The Morgan fingerprint density at radius 1 is 1.17 bits per heavy atom. The van der Waals surface area contributed by atoms with E-state index in [1.165, 1.54) is 6.92 Å². The molecule has 2 amide bonds. The monoisotopic (exact) mass is 355 g/mol. The van der Waals surface area contributed by atoms with Gasteiger partial charge in [0.25, 0.3) is 0 Å². The molecule has 0 aromatic heterocycles. The van der Waals surface area contributed by atoms with Gasteiger partial charge in [0, 0.05) is 19.2 Å². The summed E-state index contributed by atoms with van der Waals surface area (Å²) in [6.07, 6.45) is 4.34. The molecule has 0 unspecified atom stereocenters.